The van der Waals surface area contributed by atoms with Gasteiger partial charge in [-0.3, -0.25) is 0 Å². The molecule has 58 valence electrons. The third-order valence-electron chi connectivity index (χ3n) is 1.31. The third-order valence-corrected chi connectivity index (χ3v) is 2.57. The van der Waals surface area contributed by atoms with Gasteiger partial charge in [-0.25, -0.2) is 0 Å². The molecule has 10 heavy (non-hydrogen) atoms. The second-order valence-electron chi connectivity index (χ2n) is 2.51. The van der Waals surface area contributed by atoms with Gasteiger partial charge in [-0.2, -0.15) is 4.57 Å². The SMILES string of the molecule is CC(C)c1scc[n+]1C.[I-]. The van der Waals surface area contributed by atoms with Crippen molar-refractivity contribution in [3.05, 3.63) is 16.6 Å². The molecule has 0 N–H and O–H groups in total. The van der Waals surface area contributed by atoms with Crippen LogP contribution in [0.5, 0.6) is 0 Å². The Bertz CT molecular complexity index is 195. The molecule has 0 aliphatic heterocycles. The van der Waals surface area contributed by atoms with E-state index in [9.17, 15) is 0 Å². The number of rotatable bonds is 1. The number of hydrogen-bond acceptors (Lipinski definition) is 1. The molecule has 0 radical (unpaired) electrons. The molecule has 3 heteroatoms. The molecule has 0 unspecified atom stereocenters. The van der Waals surface area contributed by atoms with Crippen molar-refractivity contribution in [1.29, 1.82) is 0 Å². The Hall–Kier alpha value is 0.360. The van der Waals surface area contributed by atoms with Crippen molar-refractivity contribution in [3.8, 4) is 0 Å². The molecule has 0 bridgehead atoms. The summed E-state index contributed by atoms with van der Waals surface area (Å²) in [6, 6.07) is 0. The second-order valence-corrected chi connectivity index (χ2v) is 3.43. The van der Waals surface area contributed by atoms with Crippen LogP contribution in [0.1, 0.15) is 24.8 Å². The Morgan fingerprint density at radius 1 is 1.50 bits per heavy atom. The quantitative estimate of drug-likeness (QED) is 0.441. The van der Waals surface area contributed by atoms with Crippen molar-refractivity contribution >= 4 is 11.3 Å². The highest BCUT2D eigenvalue weighted by Gasteiger charge is 2.10. The molecule has 0 spiro atoms. The normalized spacial score (nSPS) is 9.60. The maximum atomic E-state index is 2.21. The molecule has 0 aromatic carbocycles. The first-order chi connectivity index (χ1) is 4.22. The minimum atomic E-state index is 0. The van der Waals surface area contributed by atoms with Crippen LogP contribution in [-0.2, 0) is 7.05 Å². The molecule has 1 heterocycles. The van der Waals surface area contributed by atoms with Crippen LogP contribution in [-0.4, -0.2) is 0 Å². The van der Waals surface area contributed by atoms with Gasteiger partial charge >= 0.3 is 0 Å². The summed E-state index contributed by atoms with van der Waals surface area (Å²) < 4.78 is 2.18. The fraction of sp³-hybridized carbons (Fsp3) is 0.571. The molecule has 0 aliphatic rings. The van der Waals surface area contributed by atoms with Crippen LogP contribution >= 0.6 is 11.3 Å². The summed E-state index contributed by atoms with van der Waals surface area (Å²) in [4.78, 5) is 0. The first-order valence-electron chi connectivity index (χ1n) is 3.15. The summed E-state index contributed by atoms with van der Waals surface area (Å²) >= 11 is 1.82. The lowest BCUT2D eigenvalue weighted by Crippen LogP contribution is -3.00. The maximum absolute atomic E-state index is 2.21. The van der Waals surface area contributed by atoms with Crippen molar-refractivity contribution in [1.82, 2.24) is 0 Å². The van der Waals surface area contributed by atoms with Crippen LogP contribution in [0.4, 0.5) is 0 Å². The fourth-order valence-electron chi connectivity index (χ4n) is 0.891. The molecular weight excluding hydrogens is 257 g/mol. The average Bonchev–Trinajstić information content (AvgIpc) is 2.13. The van der Waals surface area contributed by atoms with E-state index in [1.165, 1.54) is 5.01 Å². The summed E-state index contributed by atoms with van der Waals surface area (Å²) in [6.45, 7) is 4.43. The lowest BCUT2D eigenvalue weighted by molar-refractivity contribution is -0.674. The zero-order valence-electron chi connectivity index (χ0n) is 6.47. The molecule has 1 aromatic rings. The van der Waals surface area contributed by atoms with Crippen LogP contribution < -0.4 is 28.5 Å². The van der Waals surface area contributed by atoms with Gasteiger partial charge in [-0.05, 0) is 0 Å². The Morgan fingerprint density at radius 3 is 2.30 bits per heavy atom. The van der Waals surface area contributed by atoms with Crippen LogP contribution in [0.15, 0.2) is 11.6 Å². The van der Waals surface area contributed by atoms with Crippen molar-refractivity contribution in [3.63, 3.8) is 0 Å². The van der Waals surface area contributed by atoms with Gasteiger partial charge in [-0.1, -0.05) is 25.2 Å². The van der Waals surface area contributed by atoms with E-state index in [4.69, 9.17) is 0 Å². The molecule has 0 aliphatic carbocycles. The van der Waals surface area contributed by atoms with Gasteiger partial charge in [0.05, 0.1) is 5.38 Å². The smallest absolute Gasteiger partial charge is 0.239 e. The monoisotopic (exact) mass is 269 g/mol. The van der Waals surface area contributed by atoms with Gasteiger partial charge in [0.2, 0.25) is 5.01 Å². The summed E-state index contributed by atoms with van der Waals surface area (Å²) in [5, 5.41) is 3.56. The largest absolute Gasteiger partial charge is 1.00 e. The Kier molecular flexibility index (Phi) is 4.44. The predicted octanol–water partition coefficient (Wildman–Crippen LogP) is -1.30. The molecule has 0 saturated heterocycles. The Labute approximate surface area is 83.1 Å². The number of halogens is 1. The summed E-state index contributed by atoms with van der Waals surface area (Å²) in [5.41, 5.74) is 0. The number of thiazole rings is 1. The number of nitrogens with zero attached hydrogens (tertiary/aromatic N) is 1. The number of aryl methyl sites for hydroxylation is 1. The van der Waals surface area contributed by atoms with Gasteiger partial charge < -0.3 is 24.0 Å². The molecule has 0 fully saturated rings. The van der Waals surface area contributed by atoms with Crippen LogP contribution in [0, 0.1) is 0 Å². The van der Waals surface area contributed by atoms with E-state index in [2.05, 4.69) is 37.0 Å². The van der Waals surface area contributed by atoms with E-state index >= 15 is 0 Å². The maximum Gasteiger partial charge on any atom is 0.239 e. The Balaban J connectivity index is 0.000000810. The Morgan fingerprint density at radius 2 is 2.10 bits per heavy atom. The van der Waals surface area contributed by atoms with Gasteiger partial charge in [0, 0.05) is 5.92 Å². The zero-order chi connectivity index (χ0) is 6.85. The summed E-state index contributed by atoms with van der Waals surface area (Å²) in [5.74, 6) is 0.662. The molecule has 0 amide bonds. The predicted molar refractivity (Wildman–Crippen MR) is 39.6 cm³/mol. The van der Waals surface area contributed by atoms with E-state index in [1.807, 2.05) is 11.3 Å². The third kappa shape index (κ3) is 2.20. The minimum absolute atomic E-state index is 0. The highest BCUT2D eigenvalue weighted by molar-refractivity contribution is 7.09. The van der Waals surface area contributed by atoms with E-state index in [-0.39, 0.29) is 24.0 Å². The fourth-order valence-corrected chi connectivity index (χ4v) is 1.77. The molecule has 1 nitrogen and oxygen atoms in total. The molecule has 1 aromatic heterocycles. The minimum Gasteiger partial charge on any atom is -1.00 e. The molecule has 1 rings (SSSR count). The van der Waals surface area contributed by atoms with Crippen molar-refractivity contribution < 1.29 is 28.5 Å². The van der Waals surface area contributed by atoms with Gasteiger partial charge in [0.25, 0.3) is 0 Å². The molecular formula is C7H12INS. The van der Waals surface area contributed by atoms with Crippen molar-refractivity contribution in [2.75, 3.05) is 0 Å². The second kappa shape index (κ2) is 4.28. The topological polar surface area (TPSA) is 3.88 Å². The van der Waals surface area contributed by atoms with Crippen LogP contribution in [0.25, 0.3) is 0 Å². The highest BCUT2D eigenvalue weighted by Crippen LogP contribution is 2.13. The first kappa shape index (κ1) is 10.4. The summed E-state index contributed by atoms with van der Waals surface area (Å²) in [6.07, 6.45) is 2.10. The molecule has 0 atom stereocenters. The molecule has 0 saturated carbocycles. The van der Waals surface area contributed by atoms with Crippen LogP contribution in [0.3, 0.4) is 0 Å². The highest BCUT2D eigenvalue weighted by atomic mass is 127. The summed E-state index contributed by atoms with van der Waals surface area (Å²) in [7, 11) is 2.09. The van der Waals surface area contributed by atoms with E-state index in [1.54, 1.807) is 0 Å². The number of hydrogen-bond donors (Lipinski definition) is 0. The standard InChI is InChI=1S/C7H12NS.HI/c1-6(2)7-8(3)4-5-9-7;/h4-6H,1-3H3;1H/q+1;/p-1. The van der Waals surface area contributed by atoms with E-state index in [0.29, 0.717) is 5.92 Å². The van der Waals surface area contributed by atoms with Gasteiger partial charge in [0.1, 0.15) is 7.05 Å². The van der Waals surface area contributed by atoms with Crippen molar-refractivity contribution in [2.24, 2.45) is 7.05 Å². The first-order valence-corrected chi connectivity index (χ1v) is 4.03. The van der Waals surface area contributed by atoms with Crippen molar-refractivity contribution in [2.45, 2.75) is 19.8 Å². The lowest BCUT2D eigenvalue weighted by atomic mass is 10.2. The van der Waals surface area contributed by atoms with E-state index < -0.39 is 0 Å². The average molecular weight is 269 g/mol. The van der Waals surface area contributed by atoms with E-state index in [0.717, 1.165) is 0 Å². The number of aromatic nitrogens is 1. The van der Waals surface area contributed by atoms with Gasteiger partial charge in [0.15, 0.2) is 6.20 Å². The van der Waals surface area contributed by atoms with Gasteiger partial charge in [-0.15, -0.1) is 0 Å². The van der Waals surface area contributed by atoms with Crippen LogP contribution in [0.2, 0.25) is 0 Å². The zero-order valence-corrected chi connectivity index (χ0v) is 9.44. The lowest BCUT2D eigenvalue weighted by Gasteiger charge is -1.93.